The molecule has 0 heterocycles. The Hall–Kier alpha value is -1.00. The minimum atomic E-state index is -0.426. The lowest BCUT2D eigenvalue weighted by Crippen LogP contribution is -2.31. The maximum atomic E-state index is 13.5. The Kier molecular flexibility index (Phi) is 3.51. The molecule has 2 nitrogen and oxygen atoms in total. The van der Waals surface area contributed by atoms with E-state index >= 15 is 0 Å². The van der Waals surface area contributed by atoms with Crippen LogP contribution >= 0.6 is 0 Å². The van der Waals surface area contributed by atoms with Gasteiger partial charge in [-0.1, -0.05) is 19.3 Å². The smallest absolute Gasteiger partial charge is 0.128 e. The van der Waals surface area contributed by atoms with Gasteiger partial charge in [0.1, 0.15) is 11.6 Å². The van der Waals surface area contributed by atoms with Gasteiger partial charge in [-0.05, 0) is 30.5 Å². The molecule has 2 rings (SSSR count). The van der Waals surface area contributed by atoms with Gasteiger partial charge < -0.3 is 0 Å². The van der Waals surface area contributed by atoms with Gasteiger partial charge in [0.05, 0.1) is 0 Å². The van der Waals surface area contributed by atoms with Crippen LogP contribution in [0.5, 0.6) is 0 Å². The van der Waals surface area contributed by atoms with Crippen molar-refractivity contribution in [3.63, 3.8) is 0 Å². The highest BCUT2D eigenvalue weighted by Gasteiger charge is 2.24. The van der Waals surface area contributed by atoms with Gasteiger partial charge >= 0.3 is 0 Å². The maximum absolute atomic E-state index is 13.5. The van der Waals surface area contributed by atoms with E-state index < -0.39 is 11.6 Å². The zero-order valence-electron chi connectivity index (χ0n) is 9.05. The van der Waals surface area contributed by atoms with Gasteiger partial charge in [0.2, 0.25) is 0 Å². The highest BCUT2D eigenvalue weighted by molar-refractivity contribution is 5.22. The van der Waals surface area contributed by atoms with E-state index in [0.717, 1.165) is 31.4 Å². The van der Waals surface area contributed by atoms with E-state index in [-0.39, 0.29) is 6.04 Å². The van der Waals surface area contributed by atoms with Gasteiger partial charge in [0, 0.05) is 11.6 Å². The van der Waals surface area contributed by atoms with Crippen LogP contribution in [0.2, 0.25) is 0 Å². The first-order valence-corrected chi connectivity index (χ1v) is 5.62. The van der Waals surface area contributed by atoms with Gasteiger partial charge in [-0.2, -0.15) is 0 Å². The van der Waals surface area contributed by atoms with Crippen LogP contribution in [0, 0.1) is 17.6 Å². The molecule has 0 radical (unpaired) electrons. The molecule has 1 fully saturated rings. The Bertz CT molecular complexity index is 364. The fourth-order valence-corrected chi connectivity index (χ4v) is 2.13. The molecule has 1 unspecified atom stereocenters. The van der Waals surface area contributed by atoms with Crippen LogP contribution in [0.3, 0.4) is 0 Å². The lowest BCUT2D eigenvalue weighted by Gasteiger charge is -2.29. The average molecular weight is 226 g/mol. The normalized spacial score (nSPS) is 18.2. The molecule has 0 saturated heterocycles. The quantitative estimate of drug-likeness (QED) is 0.612. The summed E-state index contributed by atoms with van der Waals surface area (Å²) in [7, 11) is 0. The minimum absolute atomic E-state index is 0.291. The van der Waals surface area contributed by atoms with Crippen LogP contribution in [0.25, 0.3) is 0 Å². The summed E-state index contributed by atoms with van der Waals surface area (Å²) in [6, 6.07) is 3.20. The second kappa shape index (κ2) is 4.89. The summed E-state index contributed by atoms with van der Waals surface area (Å²) in [5.41, 5.74) is 2.91. The van der Waals surface area contributed by atoms with Crippen LogP contribution < -0.4 is 11.3 Å². The average Bonchev–Trinajstić information content (AvgIpc) is 2.21. The topological polar surface area (TPSA) is 38.0 Å². The van der Waals surface area contributed by atoms with Crippen molar-refractivity contribution < 1.29 is 8.78 Å². The number of hydrazine groups is 1. The molecule has 16 heavy (non-hydrogen) atoms. The molecule has 88 valence electrons. The van der Waals surface area contributed by atoms with E-state index in [0.29, 0.717) is 11.5 Å². The Morgan fingerprint density at radius 3 is 2.69 bits per heavy atom. The van der Waals surface area contributed by atoms with Crippen molar-refractivity contribution in [3.05, 3.63) is 35.4 Å². The predicted molar refractivity (Wildman–Crippen MR) is 58.4 cm³/mol. The Balaban J connectivity index is 2.14. The standard InChI is InChI=1S/C12H16F2N2/c13-9-4-5-11(14)10(7-9)12(16-15)6-8-2-1-3-8/h4-5,7-8,12,16H,1-3,6,15H2. The zero-order chi connectivity index (χ0) is 11.5. The Morgan fingerprint density at radius 1 is 1.38 bits per heavy atom. The lowest BCUT2D eigenvalue weighted by molar-refractivity contribution is 0.259. The summed E-state index contributed by atoms with van der Waals surface area (Å²) in [5, 5.41) is 0. The molecule has 1 aromatic carbocycles. The van der Waals surface area contributed by atoms with E-state index in [1.54, 1.807) is 0 Å². The lowest BCUT2D eigenvalue weighted by atomic mass is 9.79. The highest BCUT2D eigenvalue weighted by Crippen LogP contribution is 2.35. The van der Waals surface area contributed by atoms with Crippen molar-refractivity contribution in [1.82, 2.24) is 5.43 Å². The number of benzene rings is 1. The van der Waals surface area contributed by atoms with Gasteiger partial charge in [-0.15, -0.1) is 0 Å². The number of rotatable bonds is 4. The summed E-state index contributed by atoms with van der Waals surface area (Å²) < 4.78 is 26.6. The van der Waals surface area contributed by atoms with Crippen LogP contribution in [0.15, 0.2) is 18.2 Å². The van der Waals surface area contributed by atoms with E-state index in [4.69, 9.17) is 5.84 Å². The highest BCUT2D eigenvalue weighted by atomic mass is 19.1. The summed E-state index contributed by atoms with van der Waals surface area (Å²) in [4.78, 5) is 0. The fraction of sp³-hybridized carbons (Fsp3) is 0.500. The van der Waals surface area contributed by atoms with Crippen molar-refractivity contribution in [1.29, 1.82) is 0 Å². The summed E-state index contributed by atoms with van der Waals surface area (Å²) in [6.45, 7) is 0. The third-order valence-electron chi connectivity index (χ3n) is 3.33. The van der Waals surface area contributed by atoms with E-state index in [9.17, 15) is 8.78 Å². The largest absolute Gasteiger partial charge is 0.271 e. The number of nitrogens with two attached hydrogens (primary N) is 1. The number of hydrogen-bond donors (Lipinski definition) is 2. The van der Waals surface area contributed by atoms with E-state index in [1.165, 1.54) is 12.5 Å². The number of halogens is 2. The molecular formula is C12H16F2N2. The molecule has 0 bridgehead atoms. The molecule has 0 aliphatic heterocycles. The second-order valence-electron chi connectivity index (χ2n) is 4.42. The molecule has 1 aliphatic carbocycles. The second-order valence-corrected chi connectivity index (χ2v) is 4.42. The third kappa shape index (κ3) is 2.39. The Morgan fingerprint density at radius 2 is 2.12 bits per heavy atom. The molecule has 1 aliphatic rings. The molecular weight excluding hydrogens is 210 g/mol. The van der Waals surface area contributed by atoms with Gasteiger partial charge in [0.15, 0.2) is 0 Å². The van der Waals surface area contributed by atoms with Crippen LogP contribution in [0.1, 0.15) is 37.3 Å². The minimum Gasteiger partial charge on any atom is -0.271 e. The zero-order valence-corrected chi connectivity index (χ0v) is 9.05. The van der Waals surface area contributed by atoms with Crippen molar-refractivity contribution in [3.8, 4) is 0 Å². The van der Waals surface area contributed by atoms with Crippen LogP contribution in [-0.4, -0.2) is 0 Å². The summed E-state index contributed by atoms with van der Waals surface area (Å²) >= 11 is 0. The van der Waals surface area contributed by atoms with E-state index in [1.807, 2.05) is 0 Å². The van der Waals surface area contributed by atoms with Gasteiger partial charge in [-0.25, -0.2) is 8.78 Å². The van der Waals surface area contributed by atoms with Crippen molar-refractivity contribution in [2.75, 3.05) is 0 Å². The van der Waals surface area contributed by atoms with Crippen molar-refractivity contribution in [2.45, 2.75) is 31.7 Å². The van der Waals surface area contributed by atoms with E-state index in [2.05, 4.69) is 5.43 Å². The van der Waals surface area contributed by atoms with Crippen LogP contribution in [0.4, 0.5) is 8.78 Å². The molecule has 0 spiro atoms. The summed E-state index contributed by atoms with van der Waals surface area (Å²) in [6.07, 6.45) is 4.33. The number of nitrogens with one attached hydrogen (secondary N) is 1. The predicted octanol–water partition coefficient (Wildman–Crippen LogP) is 2.66. The first kappa shape index (κ1) is 11.5. The van der Waals surface area contributed by atoms with Crippen LogP contribution in [-0.2, 0) is 0 Å². The van der Waals surface area contributed by atoms with Crippen molar-refractivity contribution >= 4 is 0 Å². The first-order valence-electron chi connectivity index (χ1n) is 5.62. The fourth-order valence-electron chi connectivity index (χ4n) is 2.13. The van der Waals surface area contributed by atoms with Crippen molar-refractivity contribution in [2.24, 2.45) is 11.8 Å². The maximum Gasteiger partial charge on any atom is 0.128 e. The Labute approximate surface area is 93.8 Å². The monoisotopic (exact) mass is 226 g/mol. The third-order valence-corrected chi connectivity index (χ3v) is 3.33. The number of hydrogen-bond acceptors (Lipinski definition) is 2. The summed E-state index contributed by atoms with van der Waals surface area (Å²) in [5.74, 6) is 5.17. The SMILES string of the molecule is NNC(CC1CCC1)c1cc(F)ccc1F. The van der Waals surface area contributed by atoms with Gasteiger partial charge in [-0.3, -0.25) is 11.3 Å². The molecule has 1 saturated carbocycles. The molecule has 4 heteroatoms. The molecule has 0 aromatic heterocycles. The first-order chi connectivity index (χ1) is 7.70. The molecule has 0 amide bonds. The molecule has 1 atom stereocenters. The molecule has 1 aromatic rings. The van der Waals surface area contributed by atoms with Gasteiger partial charge in [0.25, 0.3) is 0 Å². The molecule has 3 N–H and O–H groups in total.